The molecule has 0 bridgehead atoms. The van der Waals surface area contributed by atoms with Crippen LogP contribution in [0.1, 0.15) is 32.7 Å². The predicted molar refractivity (Wildman–Crippen MR) is 164 cm³/mol. The SMILES string of the molecule is Cc1cc(Nc2ccc(C(=O)/C=C/c3ccc4ccccc4c3)cc2)n2nc(SCc3ccc(C(F)(F)F)cc3)nc2n1. The van der Waals surface area contributed by atoms with Gasteiger partial charge in [0.25, 0.3) is 5.78 Å². The summed E-state index contributed by atoms with van der Waals surface area (Å²) in [5.41, 5.74) is 3.02. The van der Waals surface area contributed by atoms with Crippen molar-refractivity contribution < 1.29 is 18.0 Å². The number of nitrogens with zero attached hydrogens (tertiary/aromatic N) is 4. The number of thioether (sulfide) groups is 1. The molecule has 0 aliphatic rings. The number of benzene rings is 4. The number of carbonyl (C=O) groups is 1. The van der Waals surface area contributed by atoms with Gasteiger partial charge in [-0.2, -0.15) is 22.7 Å². The van der Waals surface area contributed by atoms with Gasteiger partial charge in [0.15, 0.2) is 5.78 Å². The van der Waals surface area contributed by atoms with Crippen LogP contribution in [-0.2, 0) is 11.9 Å². The molecule has 0 radical (unpaired) electrons. The number of nitrogens with one attached hydrogen (secondary N) is 1. The van der Waals surface area contributed by atoms with Gasteiger partial charge in [-0.3, -0.25) is 4.79 Å². The monoisotopic (exact) mass is 595 g/mol. The van der Waals surface area contributed by atoms with Crippen LogP contribution >= 0.6 is 11.8 Å². The molecule has 0 spiro atoms. The third kappa shape index (κ3) is 6.60. The second kappa shape index (κ2) is 11.7. The summed E-state index contributed by atoms with van der Waals surface area (Å²) in [6.45, 7) is 1.85. The number of aryl methyl sites for hydroxylation is 1. The molecule has 0 aliphatic heterocycles. The first-order chi connectivity index (χ1) is 20.7. The van der Waals surface area contributed by atoms with E-state index < -0.39 is 11.7 Å². The highest BCUT2D eigenvalue weighted by atomic mass is 32.2. The number of fused-ring (bicyclic) bond motifs is 2. The zero-order valence-electron chi connectivity index (χ0n) is 22.8. The predicted octanol–water partition coefficient (Wildman–Crippen LogP) is 8.54. The molecule has 2 aromatic heterocycles. The smallest absolute Gasteiger partial charge is 0.340 e. The molecule has 0 amide bonds. The zero-order chi connectivity index (χ0) is 30.0. The summed E-state index contributed by atoms with van der Waals surface area (Å²) in [7, 11) is 0. The number of halogens is 3. The highest BCUT2D eigenvalue weighted by molar-refractivity contribution is 7.98. The van der Waals surface area contributed by atoms with Crippen LogP contribution in [0.25, 0.3) is 22.6 Å². The minimum Gasteiger partial charge on any atom is -0.340 e. The first-order valence-corrected chi connectivity index (χ1v) is 14.3. The van der Waals surface area contributed by atoms with Gasteiger partial charge in [-0.1, -0.05) is 66.4 Å². The average molecular weight is 596 g/mol. The molecule has 0 fully saturated rings. The van der Waals surface area contributed by atoms with Gasteiger partial charge < -0.3 is 5.32 Å². The highest BCUT2D eigenvalue weighted by Crippen LogP contribution is 2.30. The summed E-state index contributed by atoms with van der Waals surface area (Å²) in [5.74, 6) is 1.32. The van der Waals surface area contributed by atoms with E-state index in [0.717, 1.165) is 45.4 Å². The normalized spacial score (nSPS) is 11.9. The Morgan fingerprint density at radius 3 is 2.40 bits per heavy atom. The number of rotatable bonds is 8. The molecule has 0 saturated carbocycles. The average Bonchev–Trinajstić information content (AvgIpc) is 3.42. The Morgan fingerprint density at radius 2 is 1.65 bits per heavy atom. The fraction of sp³-hybridized carbons (Fsp3) is 0.0909. The number of ketones is 1. The molecule has 0 saturated heterocycles. The van der Waals surface area contributed by atoms with Crippen molar-refractivity contribution >= 4 is 51.7 Å². The van der Waals surface area contributed by atoms with Crippen molar-refractivity contribution in [2.75, 3.05) is 5.32 Å². The van der Waals surface area contributed by atoms with Gasteiger partial charge in [-0.15, -0.1) is 5.10 Å². The number of aromatic nitrogens is 4. The summed E-state index contributed by atoms with van der Waals surface area (Å²) in [5, 5.41) is 10.6. The number of carbonyl (C=O) groups excluding carboxylic acids is 1. The summed E-state index contributed by atoms with van der Waals surface area (Å²) in [6, 6.07) is 28.2. The molecule has 6 nitrogen and oxygen atoms in total. The fourth-order valence-electron chi connectivity index (χ4n) is 4.50. The van der Waals surface area contributed by atoms with E-state index >= 15 is 0 Å². The number of allylic oxidation sites excluding steroid dienone is 1. The second-order valence-corrected chi connectivity index (χ2v) is 10.8. The molecule has 10 heteroatoms. The first kappa shape index (κ1) is 28.2. The van der Waals surface area contributed by atoms with Crippen LogP contribution in [0.5, 0.6) is 0 Å². The van der Waals surface area contributed by atoms with Crippen LogP contribution in [0.4, 0.5) is 24.7 Å². The van der Waals surface area contributed by atoms with Gasteiger partial charge in [-0.25, -0.2) is 4.98 Å². The minimum absolute atomic E-state index is 0.104. The van der Waals surface area contributed by atoms with E-state index in [1.165, 1.54) is 23.9 Å². The van der Waals surface area contributed by atoms with Crippen molar-refractivity contribution in [1.82, 2.24) is 19.6 Å². The summed E-state index contributed by atoms with van der Waals surface area (Å²) in [4.78, 5) is 21.7. The van der Waals surface area contributed by atoms with Crippen LogP contribution in [-0.4, -0.2) is 25.4 Å². The molecule has 6 rings (SSSR count). The van der Waals surface area contributed by atoms with Crippen molar-refractivity contribution in [2.24, 2.45) is 0 Å². The zero-order valence-corrected chi connectivity index (χ0v) is 23.7. The van der Waals surface area contributed by atoms with Crippen LogP contribution in [0.15, 0.2) is 108 Å². The molecule has 0 atom stereocenters. The van der Waals surface area contributed by atoms with Gasteiger partial charge in [-0.05, 0) is 77.4 Å². The highest BCUT2D eigenvalue weighted by Gasteiger charge is 2.29. The van der Waals surface area contributed by atoms with Gasteiger partial charge >= 0.3 is 6.18 Å². The molecular formula is C33H24F3N5OS. The van der Waals surface area contributed by atoms with Crippen molar-refractivity contribution in [1.29, 1.82) is 0 Å². The maximum Gasteiger partial charge on any atom is 0.416 e. The molecule has 4 aromatic carbocycles. The molecule has 2 heterocycles. The minimum atomic E-state index is -4.37. The lowest BCUT2D eigenvalue weighted by Gasteiger charge is -2.09. The van der Waals surface area contributed by atoms with Crippen LogP contribution in [0, 0.1) is 6.92 Å². The molecule has 214 valence electrons. The molecule has 0 aliphatic carbocycles. The van der Waals surface area contributed by atoms with E-state index in [4.69, 9.17) is 0 Å². The number of alkyl halides is 3. The van der Waals surface area contributed by atoms with Gasteiger partial charge in [0, 0.05) is 28.8 Å². The number of anilines is 2. The van der Waals surface area contributed by atoms with Crippen LogP contribution < -0.4 is 5.32 Å². The van der Waals surface area contributed by atoms with E-state index in [2.05, 4.69) is 26.4 Å². The van der Waals surface area contributed by atoms with Crippen LogP contribution in [0.3, 0.4) is 0 Å². The quantitative estimate of drug-likeness (QED) is 0.108. The third-order valence-corrected chi connectivity index (χ3v) is 7.62. The molecule has 0 unspecified atom stereocenters. The maximum atomic E-state index is 12.8. The summed E-state index contributed by atoms with van der Waals surface area (Å²) >= 11 is 1.31. The second-order valence-electron chi connectivity index (χ2n) is 9.88. The van der Waals surface area contributed by atoms with Crippen molar-refractivity contribution in [3.05, 3.63) is 131 Å². The van der Waals surface area contributed by atoms with Gasteiger partial charge in [0.1, 0.15) is 5.82 Å². The van der Waals surface area contributed by atoms with E-state index in [-0.39, 0.29) is 5.78 Å². The Morgan fingerprint density at radius 1 is 0.907 bits per heavy atom. The van der Waals surface area contributed by atoms with E-state index in [1.807, 2.05) is 67.6 Å². The molecular weight excluding hydrogens is 571 g/mol. The van der Waals surface area contributed by atoms with Crippen molar-refractivity contribution in [2.45, 2.75) is 24.0 Å². The van der Waals surface area contributed by atoms with Gasteiger partial charge in [0.05, 0.1) is 5.56 Å². The van der Waals surface area contributed by atoms with Gasteiger partial charge in [0.2, 0.25) is 5.16 Å². The van der Waals surface area contributed by atoms with Crippen LogP contribution in [0.2, 0.25) is 0 Å². The summed E-state index contributed by atoms with van der Waals surface area (Å²) < 4.78 is 40.1. The standard InChI is InChI=1S/C33H24F3N5OS/c1-21-18-30(41-31(37-21)39-32(40-41)43-20-23-7-13-27(14-8-23)33(34,35)36)38-28-15-11-25(12-16-28)29(42)17-9-22-6-10-24-4-2-3-5-26(24)19-22/h2-19,38H,20H2,1H3/b17-9+. The fourth-order valence-corrected chi connectivity index (χ4v) is 5.28. The van der Waals surface area contributed by atoms with E-state index in [1.54, 1.807) is 22.7 Å². The third-order valence-electron chi connectivity index (χ3n) is 6.71. The lowest BCUT2D eigenvalue weighted by atomic mass is 10.1. The summed E-state index contributed by atoms with van der Waals surface area (Å²) in [6.07, 6.45) is -0.982. The molecule has 6 aromatic rings. The lowest BCUT2D eigenvalue weighted by Crippen LogP contribution is -2.04. The number of hydrogen-bond donors (Lipinski definition) is 1. The number of hydrogen-bond acceptors (Lipinski definition) is 6. The topological polar surface area (TPSA) is 72.2 Å². The Hall–Kier alpha value is -4.96. The maximum absolute atomic E-state index is 12.8. The lowest BCUT2D eigenvalue weighted by molar-refractivity contribution is -0.137. The Bertz CT molecular complexity index is 1970. The Labute approximate surface area is 249 Å². The first-order valence-electron chi connectivity index (χ1n) is 13.3. The Kier molecular flexibility index (Phi) is 7.69. The Balaban J connectivity index is 1.13. The van der Waals surface area contributed by atoms with Crippen molar-refractivity contribution in [3.63, 3.8) is 0 Å². The van der Waals surface area contributed by atoms with Crippen molar-refractivity contribution in [3.8, 4) is 0 Å². The van der Waals surface area contributed by atoms with E-state index in [9.17, 15) is 18.0 Å². The molecule has 43 heavy (non-hydrogen) atoms. The largest absolute Gasteiger partial charge is 0.416 e. The van der Waals surface area contributed by atoms with E-state index in [0.29, 0.717) is 28.1 Å². The molecule has 1 N–H and O–H groups in total.